The van der Waals surface area contributed by atoms with E-state index >= 15 is 0 Å². The third kappa shape index (κ3) is 5.11. The Morgan fingerprint density at radius 2 is 1.77 bits per heavy atom. The second kappa shape index (κ2) is 10.5. The number of hydrogen-bond acceptors (Lipinski definition) is 4. The molecule has 0 saturated carbocycles. The fourth-order valence-corrected chi connectivity index (χ4v) is 6.23. The molecule has 0 bridgehead atoms. The fourth-order valence-electron chi connectivity index (χ4n) is 6.10. The van der Waals surface area contributed by atoms with Gasteiger partial charge in [-0.1, -0.05) is 67.9 Å². The lowest BCUT2D eigenvalue weighted by atomic mass is 9.73. The average Bonchev–Trinajstić information content (AvgIpc) is 3.27. The minimum absolute atomic E-state index is 0.0961. The number of aromatic amines is 1. The normalized spacial score (nSPS) is 18.1. The summed E-state index contributed by atoms with van der Waals surface area (Å²) in [5.74, 6) is 0.0116. The van der Waals surface area contributed by atoms with Gasteiger partial charge in [0, 0.05) is 46.4 Å². The predicted octanol–water partition coefficient (Wildman–Crippen LogP) is 6.80. The standard InChI is InChI=1S/C33H33ClN4O2/c1-33(2)17-27-31(29(39)18-33)32(21-11-13-23(34)14-12-21)38(28-10-6-5-9-26(28)37-27)20-30(40)35-16-15-22-19-36-25-8-4-3-7-24(22)25/h3-14,19,32,36-37H,15-18,20H2,1-2H3,(H,35,40). The van der Waals surface area contributed by atoms with Crippen LogP contribution in [0, 0.1) is 5.41 Å². The summed E-state index contributed by atoms with van der Waals surface area (Å²) in [7, 11) is 0. The van der Waals surface area contributed by atoms with Gasteiger partial charge in [0.25, 0.3) is 0 Å². The number of Topliss-reactive ketones (excluding diaryl/α,β-unsaturated/α-hetero) is 1. The quantitative estimate of drug-likeness (QED) is 0.246. The SMILES string of the molecule is CC1(C)CC(=O)C2=C(C1)Nc1ccccc1N(CC(=O)NCCc1c[nH]c3ccccc13)C2c1ccc(Cl)cc1. The summed E-state index contributed by atoms with van der Waals surface area (Å²) in [5.41, 5.74) is 6.46. The van der Waals surface area contributed by atoms with Gasteiger partial charge < -0.3 is 20.5 Å². The number of H-pyrrole nitrogens is 1. The van der Waals surface area contributed by atoms with Crippen LogP contribution in [0.3, 0.4) is 0 Å². The number of nitrogens with one attached hydrogen (secondary N) is 3. The number of ketones is 1. The first-order valence-corrected chi connectivity index (χ1v) is 14.1. The molecule has 0 spiro atoms. The molecular formula is C33H33ClN4O2. The maximum Gasteiger partial charge on any atom is 0.239 e. The van der Waals surface area contributed by atoms with E-state index in [0.717, 1.165) is 46.6 Å². The highest BCUT2D eigenvalue weighted by molar-refractivity contribution is 6.30. The van der Waals surface area contributed by atoms with Gasteiger partial charge >= 0.3 is 0 Å². The number of halogens is 1. The molecule has 204 valence electrons. The summed E-state index contributed by atoms with van der Waals surface area (Å²) in [5, 5.41) is 8.52. The number of allylic oxidation sites excluding steroid dienone is 1. The average molecular weight is 553 g/mol. The number of nitrogens with zero attached hydrogens (tertiary/aromatic N) is 1. The lowest BCUT2D eigenvalue weighted by Crippen LogP contribution is -2.42. The van der Waals surface area contributed by atoms with E-state index in [1.54, 1.807) is 0 Å². The number of carbonyl (C=O) groups excluding carboxylic acids is 2. The zero-order chi connectivity index (χ0) is 27.9. The third-order valence-electron chi connectivity index (χ3n) is 7.90. The maximum atomic E-state index is 13.8. The first kappa shape index (κ1) is 26.2. The molecule has 40 heavy (non-hydrogen) atoms. The van der Waals surface area contributed by atoms with Crippen LogP contribution in [0.1, 0.15) is 43.9 Å². The molecular weight excluding hydrogens is 520 g/mol. The van der Waals surface area contributed by atoms with Crippen molar-refractivity contribution in [3.05, 3.63) is 106 Å². The van der Waals surface area contributed by atoms with Crippen LogP contribution in [0.15, 0.2) is 90.3 Å². The smallest absolute Gasteiger partial charge is 0.239 e. The fraction of sp³-hybridized carbons (Fsp3) is 0.273. The van der Waals surface area contributed by atoms with E-state index < -0.39 is 6.04 Å². The molecule has 4 aromatic rings. The van der Waals surface area contributed by atoms with Crippen LogP contribution < -0.4 is 15.5 Å². The van der Waals surface area contributed by atoms with Crippen molar-refractivity contribution in [1.29, 1.82) is 0 Å². The molecule has 2 aliphatic rings. The molecule has 6 nitrogen and oxygen atoms in total. The van der Waals surface area contributed by atoms with E-state index in [4.69, 9.17) is 11.6 Å². The summed E-state index contributed by atoms with van der Waals surface area (Å²) in [6.07, 6.45) is 3.93. The molecule has 1 amide bonds. The van der Waals surface area contributed by atoms with Gasteiger partial charge in [-0.2, -0.15) is 0 Å². The number of rotatable bonds is 6. The molecule has 0 fully saturated rings. The predicted molar refractivity (Wildman–Crippen MR) is 162 cm³/mol. The molecule has 6 rings (SSSR count). The lowest BCUT2D eigenvalue weighted by molar-refractivity contribution is -0.120. The van der Waals surface area contributed by atoms with E-state index in [-0.39, 0.29) is 23.7 Å². The maximum absolute atomic E-state index is 13.8. The van der Waals surface area contributed by atoms with Gasteiger partial charge in [0.05, 0.1) is 24.0 Å². The number of fused-ring (bicyclic) bond motifs is 2. The first-order chi connectivity index (χ1) is 19.3. The zero-order valence-corrected chi connectivity index (χ0v) is 23.5. The Morgan fingerprint density at radius 1 is 1.02 bits per heavy atom. The number of aromatic nitrogens is 1. The third-order valence-corrected chi connectivity index (χ3v) is 8.15. The Balaban J connectivity index is 1.33. The Morgan fingerprint density at radius 3 is 2.60 bits per heavy atom. The zero-order valence-electron chi connectivity index (χ0n) is 22.8. The van der Waals surface area contributed by atoms with Gasteiger partial charge in [0.2, 0.25) is 5.91 Å². The number of carbonyl (C=O) groups is 2. The molecule has 1 unspecified atom stereocenters. The van der Waals surface area contributed by atoms with Crippen LogP contribution in [0.5, 0.6) is 0 Å². The highest BCUT2D eigenvalue weighted by Crippen LogP contribution is 2.48. The number of para-hydroxylation sites is 3. The second-order valence-electron chi connectivity index (χ2n) is 11.5. The highest BCUT2D eigenvalue weighted by atomic mass is 35.5. The summed E-state index contributed by atoms with van der Waals surface area (Å²) in [6.45, 7) is 4.88. The van der Waals surface area contributed by atoms with Gasteiger partial charge in [-0.15, -0.1) is 0 Å². The Kier molecular flexibility index (Phi) is 6.88. The molecule has 7 heteroatoms. The highest BCUT2D eigenvalue weighted by Gasteiger charge is 2.41. The van der Waals surface area contributed by atoms with Gasteiger partial charge in [0.1, 0.15) is 0 Å². The molecule has 1 aromatic heterocycles. The molecule has 0 saturated heterocycles. The van der Waals surface area contributed by atoms with Crippen molar-refractivity contribution in [2.24, 2.45) is 5.41 Å². The van der Waals surface area contributed by atoms with Crippen molar-refractivity contribution < 1.29 is 9.59 Å². The minimum Gasteiger partial charge on any atom is -0.361 e. The van der Waals surface area contributed by atoms with Crippen LogP contribution in [0.2, 0.25) is 5.02 Å². The number of amides is 1. The van der Waals surface area contributed by atoms with Crippen molar-refractivity contribution in [2.75, 3.05) is 23.3 Å². The molecule has 3 aromatic carbocycles. The number of hydrogen-bond donors (Lipinski definition) is 3. The van der Waals surface area contributed by atoms with E-state index in [0.29, 0.717) is 18.0 Å². The Hall–Kier alpha value is -4.03. The first-order valence-electron chi connectivity index (χ1n) is 13.8. The van der Waals surface area contributed by atoms with Gasteiger partial charge in [0.15, 0.2) is 5.78 Å². The van der Waals surface area contributed by atoms with Crippen molar-refractivity contribution in [3.63, 3.8) is 0 Å². The number of anilines is 2. The van der Waals surface area contributed by atoms with Gasteiger partial charge in [-0.3, -0.25) is 9.59 Å². The lowest BCUT2D eigenvalue weighted by Gasteiger charge is -2.37. The van der Waals surface area contributed by atoms with E-state index in [2.05, 4.69) is 46.5 Å². The van der Waals surface area contributed by atoms with Crippen molar-refractivity contribution in [2.45, 2.75) is 39.2 Å². The largest absolute Gasteiger partial charge is 0.361 e. The van der Waals surface area contributed by atoms with E-state index in [1.807, 2.05) is 66.9 Å². The molecule has 3 N–H and O–H groups in total. The monoisotopic (exact) mass is 552 g/mol. The van der Waals surface area contributed by atoms with Crippen LogP contribution in [-0.4, -0.2) is 29.8 Å². The Bertz CT molecular complexity index is 1620. The van der Waals surface area contributed by atoms with Gasteiger partial charge in [-0.05, 0) is 59.7 Å². The molecule has 1 atom stereocenters. The summed E-state index contributed by atoms with van der Waals surface area (Å²) in [6, 6.07) is 23.3. The van der Waals surface area contributed by atoms with Crippen molar-refractivity contribution >= 4 is 45.6 Å². The van der Waals surface area contributed by atoms with Crippen LogP contribution in [0.4, 0.5) is 11.4 Å². The van der Waals surface area contributed by atoms with E-state index in [1.165, 1.54) is 10.9 Å². The summed E-state index contributed by atoms with van der Waals surface area (Å²) < 4.78 is 0. The van der Waals surface area contributed by atoms with E-state index in [9.17, 15) is 9.59 Å². The molecule has 1 aliphatic carbocycles. The number of benzene rings is 3. The topological polar surface area (TPSA) is 77.2 Å². The second-order valence-corrected chi connectivity index (χ2v) is 12.0. The van der Waals surface area contributed by atoms with Crippen LogP contribution >= 0.6 is 11.6 Å². The van der Waals surface area contributed by atoms with Crippen LogP contribution in [-0.2, 0) is 16.0 Å². The minimum atomic E-state index is -0.425. The molecule has 2 heterocycles. The van der Waals surface area contributed by atoms with Crippen molar-refractivity contribution in [1.82, 2.24) is 10.3 Å². The summed E-state index contributed by atoms with van der Waals surface area (Å²) in [4.78, 5) is 32.6. The van der Waals surface area contributed by atoms with Crippen molar-refractivity contribution in [3.8, 4) is 0 Å². The molecule has 0 radical (unpaired) electrons. The van der Waals surface area contributed by atoms with Crippen LogP contribution in [0.25, 0.3) is 10.9 Å². The van der Waals surface area contributed by atoms with Gasteiger partial charge in [-0.25, -0.2) is 0 Å². The summed E-state index contributed by atoms with van der Waals surface area (Å²) >= 11 is 6.25. The molecule has 1 aliphatic heterocycles. The Labute approximate surface area is 239 Å².